The second kappa shape index (κ2) is 10.9. The number of likely N-dealkylation sites (tertiary alicyclic amines) is 1. The van der Waals surface area contributed by atoms with Crippen LogP contribution in [0.15, 0.2) is 48.5 Å². The highest BCUT2D eigenvalue weighted by Crippen LogP contribution is 2.21. The zero-order valence-corrected chi connectivity index (χ0v) is 18.6. The Kier molecular flexibility index (Phi) is 7.98. The fourth-order valence-electron chi connectivity index (χ4n) is 3.76. The first kappa shape index (κ1) is 23.4. The van der Waals surface area contributed by atoms with Crippen LogP contribution in [0, 0.1) is 17.7 Å². The molecule has 0 spiro atoms. The van der Waals surface area contributed by atoms with Gasteiger partial charge in [0.2, 0.25) is 5.91 Å². The standard InChI is InChI=1S/C25H30FN3O3/c1-17(2)12-13-27-23(30)19-8-6-14-29(16-19)25(32)18-7-5-9-20(15-18)28-24(31)21-10-3-4-11-22(21)26/h3-5,7,9-11,15,17,19H,6,8,12-14,16H2,1-2H3,(H,27,30)(H,28,31). The Bertz CT molecular complexity index is 976. The molecule has 6 nitrogen and oxygen atoms in total. The molecule has 0 saturated carbocycles. The molecular formula is C25H30FN3O3. The number of rotatable bonds is 7. The lowest BCUT2D eigenvalue weighted by Crippen LogP contribution is -2.45. The summed E-state index contributed by atoms with van der Waals surface area (Å²) in [5.41, 5.74) is 0.757. The van der Waals surface area contributed by atoms with Gasteiger partial charge in [-0.25, -0.2) is 4.39 Å². The van der Waals surface area contributed by atoms with Gasteiger partial charge in [-0.3, -0.25) is 14.4 Å². The van der Waals surface area contributed by atoms with E-state index in [1.54, 1.807) is 35.2 Å². The largest absolute Gasteiger partial charge is 0.356 e. The summed E-state index contributed by atoms with van der Waals surface area (Å²) < 4.78 is 13.9. The van der Waals surface area contributed by atoms with Gasteiger partial charge in [0.1, 0.15) is 5.82 Å². The molecule has 1 atom stereocenters. The van der Waals surface area contributed by atoms with Crippen LogP contribution < -0.4 is 10.6 Å². The van der Waals surface area contributed by atoms with Crippen molar-refractivity contribution in [2.24, 2.45) is 11.8 Å². The van der Waals surface area contributed by atoms with Gasteiger partial charge in [-0.05, 0) is 55.5 Å². The average molecular weight is 440 g/mol. The van der Waals surface area contributed by atoms with E-state index >= 15 is 0 Å². The minimum Gasteiger partial charge on any atom is -0.356 e. The maximum atomic E-state index is 13.9. The molecule has 0 bridgehead atoms. The predicted octanol–water partition coefficient (Wildman–Crippen LogP) is 4.09. The number of nitrogens with one attached hydrogen (secondary N) is 2. The lowest BCUT2D eigenvalue weighted by atomic mass is 9.96. The fourth-order valence-corrected chi connectivity index (χ4v) is 3.76. The summed E-state index contributed by atoms with van der Waals surface area (Å²) in [4.78, 5) is 39.6. The molecular weight excluding hydrogens is 409 g/mol. The average Bonchev–Trinajstić information content (AvgIpc) is 2.78. The van der Waals surface area contributed by atoms with E-state index in [-0.39, 0.29) is 23.3 Å². The number of hydrogen-bond donors (Lipinski definition) is 2. The highest BCUT2D eigenvalue weighted by Gasteiger charge is 2.29. The maximum Gasteiger partial charge on any atom is 0.258 e. The van der Waals surface area contributed by atoms with E-state index in [2.05, 4.69) is 24.5 Å². The van der Waals surface area contributed by atoms with Crippen molar-refractivity contribution in [3.63, 3.8) is 0 Å². The molecule has 1 aliphatic rings. The van der Waals surface area contributed by atoms with Crippen molar-refractivity contribution in [2.75, 3.05) is 25.0 Å². The molecule has 170 valence electrons. The van der Waals surface area contributed by atoms with E-state index in [1.165, 1.54) is 18.2 Å². The van der Waals surface area contributed by atoms with Crippen LogP contribution in [0.4, 0.5) is 10.1 Å². The Hall–Kier alpha value is -3.22. The van der Waals surface area contributed by atoms with Crippen molar-refractivity contribution in [3.8, 4) is 0 Å². The molecule has 3 rings (SSSR count). The summed E-state index contributed by atoms with van der Waals surface area (Å²) in [7, 11) is 0. The monoisotopic (exact) mass is 439 g/mol. The maximum absolute atomic E-state index is 13.9. The van der Waals surface area contributed by atoms with Crippen LogP contribution in [0.5, 0.6) is 0 Å². The number of carbonyl (C=O) groups is 3. The zero-order chi connectivity index (χ0) is 23.1. The number of amides is 3. The molecule has 2 aromatic carbocycles. The van der Waals surface area contributed by atoms with Crippen molar-refractivity contribution in [1.29, 1.82) is 0 Å². The van der Waals surface area contributed by atoms with Crippen LogP contribution in [0.3, 0.4) is 0 Å². The molecule has 0 aromatic heterocycles. The minimum absolute atomic E-state index is 0.00551. The minimum atomic E-state index is -0.608. The molecule has 3 amide bonds. The van der Waals surface area contributed by atoms with Crippen LogP contribution in [-0.2, 0) is 4.79 Å². The van der Waals surface area contributed by atoms with Gasteiger partial charge in [0.05, 0.1) is 11.5 Å². The quantitative estimate of drug-likeness (QED) is 0.682. The summed E-state index contributed by atoms with van der Waals surface area (Å²) in [6.45, 7) is 5.82. The van der Waals surface area contributed by atoms with Crippen LogP contribution in [0.2, 0.25) is 0 Å². The Labute approximate surface area is 188 Å². The number of benzene rings is 2. The molecule has 1 fully saturated rings. The van der Waals surface area contributed by atoms with Crippen LogP contribution in [-0.4, -0.2) is 42.3 Å². The first-order chi connectivity index (χ1) is 15.3. The van der Waals surface area contributed by atoms with E-state index in [9.17, 15) is 18.8 Å². The normalized spacial score (nSPS) is 16.0. The highest BCUT2D eigenvalue weighted by molar-refractivity contribution is 6.05. The molecule has 0 radical (unpaired) electrons. The number of anilines is 1. The lowest BCUT2D eigenvalue weighted by Gasteiger charge is -2.32. The molecule has 7 heteroatoms. The summed E-state index contributed by atoms with van der Waals surface area (Å²) in [5, 5.41) is 5.62. The SMILES string of the molecule is CC(C)CCNC(=O)C1CCCN(C(=O)c2cccc(NC(=O)c3ccccc3F)c2)C1. The Balaban J connectivity index is 1.63. The molecule has 2 aromatic rings. The molecule has 0 aliphatic carbocycles. The van der Waals surface area contributed by atoms with E-state index in [1.807, 2.05) is 0 Å². The number of carbonyl (C=O) groups excluding carboxylic acids is 3. The van der Waals surface area contributed by atoms with Gasteiger partial charge < -0.3 is 15.5 Å². The van der Waals surface area contributed by atoms with Gasteiger partial charge in [-0.15, -0.1) is 0 Å². The van der Waals surface area contributed by atoms with Gasteiger partial charge in [0, 0.05) is 30.9 Å². The van der Waals surface area contributed by atoms with Gasteiger partial charge >= 0.3 is 0 Å². The molecule has 1 saturated heterocycles. The van der Waals surface area contributed by atoms with Crippen molar-refractivity contribution in [1.82, 2.24) is 10.2 Å². The smallest absolute Gasteiger partial charge is 0.258 e. The van der Waals surface area contributed by atoms with E-state index in [4.69, 9.17) is 0 Å². The van der Waals surface area contributed by atoms with Crippen molar-refractivity contribution >= 4 is 23.4 Å². The zero-order valence-electron chi connectivity index (χ0n) is 18.6. The van der Waals surface area contributed by atoms with Gasteiger partial charge in [-0.1, -0.05) is 32.0 Å². The summed E-state index contributed by atoms with van der Waals surface area (Å²) >= 11 is 0. The number of hydrogen-bond acceptors (Lipinski definition) is 3. The third-order valence-electron chi connectivity index (χ3n) is 5.59. The lowest BCUT2D eigenvalue weighted by molar-refractivity contribution is -0.126. The Morgan fingerprint density at radius 3 is 2.66 bits per heavy atom. The summed E-state index contributed by atoms with van der Waals surface area (Å²) in [5.74, 6) is -1.08. The molecule has 2 N–H and O–H groups in total. The molecule has 1 heterocycles. The number of nitrogens with zero attached hydrogens (tertiary/aromatic N) is 1. The molecule has 1 aliphatic heterocycles. The van der Waals surface area contributed by atoms with Crippen molar-refractivity contribution in [3.05, 3.63) is 65.5 Å². The topological polar surface area (TPSA) is 78.5 Å². The van der Waals surface area contributed by atoms with Crippen LogP contribution in [0.25, 0.3) is 0 Å². The Morgan fingerprint density at radius 1 is 1.12 bits per heavy atom. The van der Waals surface area contributed by atoms with Gasteiger partial charge in [-0.2, -0.15) is 0 Å². The van der Waals surface area contributed by atoms with Crippen LogP contribution in [0.1, 0.15) is 53.8 Å². The summed E-state index contributed by atoms with van der Waals surface area (Å²) in [6, 6.07) is 12.3. The van der Waals surface area contributed by atoms with Crippen LogP contribution >= 0.6 is 0 Å². The third kappa shape index (κ3) is 6.15. The second-order valence-electron chi connectivity index (χ2n) is 8.58. The summed E-state index contributed by atoms with van der Waals surface area (Å²) in [6.07, 6.45) is 2.44. The Morgan fingerprint density at radius 2 is 1.91 bits per heavy atom. The molecule has 1 unspecified atom stereocenters. The van der Waals surface area contributed by atoms with Crippen molar-refractivity contribution in [2.45, 2.75) is 33.1 Å². The van der Waals surface area contributed by atoms with Gasteiger partial charge in [0.15, 0.2) is 0 Å². The van der Waals surface area contributed by atoms with Gasteiger partial charge in [0.25, 0.3) is 11.8 Å². The fraction of sp³-hybridized carbons (Fsp3) is 0.400. The molecule has 32 heavy (non-hydrogen) atoms. The predicted molar refractivity (Wildman–Crippen MR) is 122 cm³/mol. The second-order valence-corrected chi connectivity index (χ2v) is 8.58. The van der Waals surface area contributed by atoms with E-state index in [0.29, 0.717) is 36.8 Å². The van der Waals surface area contributed by atoms with E-state index in [0.717, 1.165) is 19.3 Å². The van der Waals surface area contributed by atoms with E-state index < -0.39 is 11.7 Å². The number of halogens is 1. The third-order valence-corrected chi connectivity index (χ3v) is 5.59. The number of piperidine rings is 1. The van der Waals surface area contributed by atoms with Crippen molar-refractivity contribution < 1.29 is 18.8 Å². The first-order valence-electron chi connectivity index (χ1n) is 11.1. The first-order valence-corrected chi connectivity index (χ1v) is 11.1. The highest BCUT2D eigenvalue weighted by atomic mass is 19.1.